The van der Waals surface area contributed by atoms with Crippen LogP contribution in [0.15, 0.2) is 5.11 Å². The molecule has 0 saturated heterocycles. The molecule has 0 aromatic carbocycles. The Kier molecular flexibility index (Phi) is 2.42. The quantitative estimate of drug-likeness (QED) is 0.152. The minimum absolute atomic E-state index is 1.11. The number of rotatable bonds is 0. The van der Waals surface area contributed by atoms with Gasteiger partial charge in [0.2, 0.25) is 0 Å². The highest BCUT2D eigenvalue weighted by Gasteiger charge is 1.85. The molecule has 0 aromatic rings. The zero-order valence-electron chi connectivity index (χ0n) is 3.20. The maximum absolute atomic E-state index is 9.63. The van der Waals surface area contributed by atoms with E-state index >= 15 is 0 Å². The van der Waals surface area contributed by atoms with Gasteiger partial charge >= 0.3 is 6.03 Å². The topological polar surface area (TPSA) is 98.1 Å². The number of carbonyl (C=O) groups excluding carboxylic acids is 1. The number of nitrogens with one attached hydrogen (secondary N) is 1. The maximum atomic E-state index is 9.63. The van der Waals surface area contributed by atoms with E-state index in [1.807, 2.05) is 0 Å². The van der Waals surface area contributed by atoms with Gasteiger partial charge in [0.25, 0.3) is 0 Å². The van der Waals surface area contributed by atoms with Crippen LogP contribution < -0.4 is 5.48 Å². The van der Waals surface area contributed by atoms with Gasteiger partial charge < -0.3 is 0 Å². The highest BCUT2D eigenvalue weighted by atomic mass is 16.5. The Morgan fingerprint density at radius 1 is 2.00 bits per heavy atom. The Morgan fingerprint density at radius 3 is 2.71 bits per heavy atom. The molecule has 0 fully saturated rings. The first kappa shape index (κ1) is 5.74. The first-order chi connectivity index (χ1) is 3.31. The molecule has 0 saturated carbocycles. The van der Waals surface area contributed by atoms with Gasteiger partial charge in [0.15, 0.2) is 0 Å². The molecule has 38 valence electrons. The van der Waals surface area contributed by atoms with Crippen molar-refractivity contribution in [2.24, 2.45) is 5.11 Å². The number of urea groups is 1. The van der Waals surface area contributed by atoms with Gasteiger partial charge in [-0.05, 0) is 5.53 Å². The Bertz CT molecular complexity index is 113. The van der Waals surface area contributed by atoms with E-state index in [-0.39, 0.29) is 0 Å². The smallest absolute Gasteiger partial charge is 0.288 e. The molecule has 2 amide bonds. The van der Waals surface area contributed by atoms with Crippen molar-refractivity contribution in [3.05, 3.63) is 10.4 Å². The fourth-order valence-electron chi connectivity index (χ4n) is 0.0630. The number of amides is 2. The van der Waals surface area contributed by atoms with Crippen LogP contribution in [0.5, 0.6) is 0 Å². The largest absolute Gasteiger partial charge is 0.331 e. The van der Waals surface area contributed by atoms with E-state index in [0.717, 1.165) is 5.48 Å². The van der Waals surface area contributed by atoms with E-state index in [0.29, 0.717) is 0 Å². The third-order valence-corrected chi connectivity index (χ3v) is 0.231. The summed E-state index contributed by atoms with van der Waals surface area (Å²) in [4.78, 5) is 11.7. The molecule has 6 nitrogen and oxygen atoms in total. The van der Waals surface area contributed by atoms with E-state index in [4.69, 9.17) is 10.7 Å². The van der Waals surface area contributed by atoms with E-state index in [1.54, 1.807) is 0 Å². The van der Waals surface area contributed by atoms with Crippen LogP contribution in [0.1, 0.15) is 0 Å². The van der Waals surface area contributed by atoms with Crippen LogP contribution >= 0.6 is 0 Å². The molecular weight excluding hydrogens is 100 g/mol. The lowest BCUT2D eigenvalue weighted by molar-refractivity contribution is 0.169. The minimum atomic E-state index is -1.11. The number of hydrogen-bond donors (Lipinski definition) is 2. The number of hydroxylamine groups is 1. The van der Waals surface area contributed by atoms with Crippen LogP contribution in [-0.2, 0) is 0 Å². The predicted molar refractivity (Wildman–Crippen MR) is 19.5 cm³/mol. The van der Waals surface area contributed by atoms with Gasteiger partial charge in [-0.15, -0.1) is 0 Å². The molecular formula is CH2N4O2. The lowest BCUT2D eigenvalue weighted by Gasteiger charge is -1.79. The van der Waals surface area contributed by atoms with Crippen molar-refractivity contribution in [3.63, 3.8) is 0 Å². The molecule has 0 aromatic heterocycles. The first-order valence-corrected chi connectivity index (χ1v) is 1.30. The van der Waals surface area contributed by atoms with Crippen LogP contribution in [0.3, 0.4) is 0 Å². The first-order valence-electron chi connectivity index (χ1n) is 1.30. The van der Waals surface area contributed by atoms with E-state index < -0.39 is 6.03 Å². The summed E-state index contributed by atoms with van der Waals surface area (Å²) in [5.41, 5.74) is 8.56. The average molecular weight is 102 g/mol. The molecule has 0 aliphatic heterocycles. The van der Waals surface area contributed by atoms with Gasteiger partial charge in [-0.2, -0.15) is 0 Å². The van der Waals surface area contributed by atoms with Gasteiger partial charge in [-0.3, -0.25) is 10.0 Å². The van der Waals surface area contributed by atoms with Crippen molar-refractivity contribution in [1.29, 1.82) is 0 Å². The summed E-state index contributed by atoms with van der Waals surface area (Å²) < 4.78 is 0. The third kappa shape index (κ3) is 2.54. The molecule has 2 N–H and O–H groups in total. The summed E-state index contributed by atoms with van der Waals surface area (Å²) in [7, 11) is 0. The van der Waals surface area contributed by atoms with Gasteiger partial charge in [0.05, 0.1) is 0 Å². The monoisotopic (exact) mass is 102 g/mol. The van der Waals surface area contributed by atoms with E-state index in [2.05, 4.69) is 10.0 Å². The molecule has 0 atom stereocenters. The molecule has 0 heterocycles. The zero-order valence-corrected chi connectivity index (χ0v) is 3.20. The van der Waals surface area contributed by atoms with Crippen molar-refractivity contribution in [3.8, 4) is 0 Å². The second-order valence-electron chi connectivity index (χ2n) is 0.606. The second kappa shape index (κ2) is 2.95. The van der Waals surface area contributed by atoms with Crippen molar-refractivity contribution in [2.75, 3.05) is 0 Å². The summed E-state index contributed by atoms with van der Waals surface area (Å²) in [6.07, 6.45) is 0. The summed E-state index contributed by atoms with van der Waals surface area (Å²) >= 11 is 0. The second-order valence-corrected chi connectivity index (χ2v) is 0.606. The lowest BCUT2D eigenvalue weighted by Crippen LogP contribution is -2.12. The summed E-state index contributed by atoms with van der Waals surface area (Å²) in [6, 6.07) is -1.11. The number of nitrogens with zero attached hydrogens (tertiary/aromatic N) is 3. The van der Waals surface area contributed by atoms with Crippen molar-refractivity contribution in [1.82, 2.24) is 5.48 Å². The van der Waals surface area contributed by atoms with Crippen LogP contribution in [0.4, 0.5) is 4.79 Å². The fraction of sp³-hybridized carbons (Fsp3) is 0. The molecule has 0 unspecified atom stereocenters. The van der Waals surface area contributed by atoms with E-state index in [9.17, 15) is 4.79 Å². The Labute approximate surface area is 38.3 Å². The molecule has 0 rings (SSSR count). The zero-order chi connectivity index (χ0) is 5.70. The van der Waals surface area contributed by atoms with Crippen molar-refractivity contribution < 1.29 is 10.0 Å². The number of hydrogen-bond acceptors (Lipinski definition) is 2. The lowest BCUT2D eigenvalue weighted by atomic mass is 11.2. The maximum Gasteiger partial charge on any atom is 0.331 e. The van der Waals surface area contributed by atoms with Gasteiger partial charge in [0, 0.05) is 10.0 Å². The standard InChI is InChI=1S/CH2N4O2/c2-5-3-1(6)4-7/h7H,(H,4,6). The van der Waals surface area contributed by atoms with Crippen LogP contribution in [-0.4, -0.2) is 11.2 Å². The van der Waals surface area contributed by atoms with Crippen molar-refractivity contribution >= 4 is 6.03 Å². The average Bonchev–Trinajstić information content (AvgIpc) is 1.68. The number of azide groups is 1. The van der Waals surface area contributed by atoms with Crippen LogP contribution in [0.2, 0.25) is 0 Å². The summed E-state index contributed by atoms with van der Waals surface area (Å²) in [6.45, 7) is 0. The van der Waals surface area contributed by atoms with E-state index in [1.165, 1.54) is 0 Å². The number of carbonyl (C=O) groups is 1. The Morgan fingerprint density at radius 2 is 2.57 bits per heavy atom. The molecule has 7 heavy (non-hydrogen) atoms. The van der Waals surface area contributed by atoms with Crippen molar-refractivity contribution in [2.45, 2.75) is 0 Å². The molecule has 0 spiro atoms. The summed E-state index contributed by atoms with van der Waals surface area (Å²) in [5, 5.41) is 10.0. The van der Waals surface area contributed by atoms with Gasteiger partial charge in [-0.1, -0.05) is 0 Å². The SMILES string of the molecule is [N-]=[N+]=NC(=O)NO. The predicted octanol–water partition coefficient (Wildman–Crippen LogP) is 0.395. The van der Waals surface area contributed by atoms with Gasteiger partial charge in [-0.25, -0.2) is 5.48 Å². The fourth-order valence-corrected chi connectivity index (χ4v) is 0.0630. The molecule has 0 bridgehead atoms. The Balaban J connectivity index is 3.58. The summed E-state index contributed by atoms with van der Waals surface area (Å²) in [5.74, 6) is 0. The molecule has 6 heteroatoms. The molecule has 0 radical (unpaired) electrons. The van der Waals surface area contributed by atoms with Crippen LogP contribution in [0.25, 0.3) is 10.4 Å². The highest BCUT2D eigenvalue weighted by molar-refractivity contribution is 5.73. The Hall–Kier alpha value is -1.26. The van der Waals surface area contributed by atoms with Crippen LogP contribution in [0, 0.1) is 0 Å². The minimum Gasteiger partial charge on any atom is -0.288 e. The molecule has 0 aliphatic carbocycles. The highest BCUT2D eigenvalue weighted by Crippen LogP contribution is 1.68. The van der Waals surface area contributed by atoms with Gasteiger partial charge in [0.1, 0.15) is 0 Å². The third-order valence-electron chi connectivity index (χ3n) is 0.231. The normalized spacial score (nSPS) is 6.43. The molecule has 0 aliphatic rings.